The van der Waals surface area contributed by atoms with Crippen LogP contribution in [0.1, 0.15) is 11.7 Å². The zero-order valence-corrected chi connectivity index (χ0v) is 10.6. The molecule has 0 radical (unpaired) electrons. The molecule has 1 aromatic heterocycles. The molecular weight excluding hydrogens is 254 g/mol. The fourth-order valence-corrected chi connectivity index (χ4v) is 2.06. The van der Waals surface area contributed by atoms with Crippen molar-refractivity contribution in [3.05, 3.63) is 66.4 Å². The number of benzene rings is 2. The molecular formula is C16H13NO3. The lowest BCUT2D eigenvalue weighted by Crippen LogP contribution is -2.18. The van der Waals surface area contributed by atoms with Gasteiger partial charge in [0.1, 0.15) is 0 Å². The van der Waals surface area contributed by atoms with Gasteiger partial charge in [0.25, 0.3) is 0 Å². The number of hydrogen-bond donors (Lipinski definition) is 2. The van der Waals surface area contributed by atoms with Gasteiger partial charge in [-0.1, -0.05) is 42.5 Å². The summed E-state index contributed by atoms with van der Waals surface area (Å²) in [6.45, 7) is 0. The summed E-state index contributed by atoms with van der Waals surface area (Å²) in [6, 6.07) is 16.2. The third kappa shape index (κ3) is 2.29. The number of hydrogen-bond acceptors (Lipinski definition) is 3. The quantitative estimate of drug-likeness (QED) is 0.717. The molecule has 2 aromatic carbocycles. The van der Waals surface area contributed by atoms with Gasteiger partial charge in [-0.25, -0.2) is 4.79 Å². The minimum absolute atomic E-state index is 0.417. The molecule has 100 valence electrons. The Morgan fingerprint density at radius 2 is 1.75 bits per heavy atom. The fourth-order valence-electron chi connectivity index (χ4n) is 2.06. The highest BCUT2D eigenvalue weighted by Gasteiger charge is 2.20. The smallest absolute Gasteiger partial charge is 0.345 e. The summed E-state index contributed by atoms with van der Waals surface area (Å²) >= 11 is 0. The maximum absolute atomic E-state index is 12.0. The average molecular weight is 267 g/mol. The molecule has 2 N–H and O–H groups in total. The number of aliphatic hydroxyl groups is 1. The van der Waals surface area contributed by atoms with Crippen molar-refractivity contribution in [2.75, 3.05) is 0 Å². The van der Waals surface area contributed by atoms with Crippen molar-refractivity contribution in [2.45, 2.75) is 6.10 Å². The van der Waals surface area contributed by atoms with Crippen molar-refractivity contribution in [3.63, 3.8) is 0 Å². The van der Waals surface area contributed by atoms with Gasteiger partial charge in [-0.05, 0) is 17.7 Å². The van der Waals surface area contributed by atoms with Gasteiger partial charge in [0.15, 0.2) is 11.9 Å². The second-order valence-electron chi connectivity index (χ2n) is 4.43. The lowest BCUT2D eigenvalue weighted by atomic mass is 10.1. The number of ether oxygens (including phenoxy) is 1. The number of aliphatic hydroxyl groups excluding tert-OH is 1. The van der Waals surface area contributed by atoms with Crippen LogP contribution in [0.25, 0.3) is 10.9 Å². The molecule has 0 fully saturated rings. The van der Waals surface area contributed by atoms with Crippen LogP contribution in [-0.2, 0) is 4.79 Å². The van der Waals surface area contributed by atoms with Gasteiger partial charge in [0.2, 0.25) is 0 Å². The Bertz CT molecular complexity index is 734. The van der Waals surface area contributed by atoms with E-state index in [1.165, 1.54) is 0 Å². The third-order valence-corrected chi connectivity index (χ3v) is 3.10. The highest BCUT2D eigenvalue weighted by atomic mass is 16.5. The molecule has 20 heavy (non-hydrogen) atoms. The Morgan fingerprint density at radius 1 is 1.05 bits per heavy atom. The Balaban J connectivity index is 1.82. The largest absolute Gasteiger partial charge is 0.422 e. The Kier molecular flexibility index (Phi) is 3.23. The van der Waals surface area contributed by atoms with E-state index in [0.717, 1.165) is 10.9 Å². The number of carbonyl (C=O) groups is 1. The van der Waals surface area contributed by atoms with Crippen molar-refractivity contribution < 1.29 is 14.6 Å². The van der Waals surface area contributed by atoms with Crippen molar-refractivity contribution in [3.8, 4) is 5.75 Å². The van der Waals surface area contributed by atoms with E-state index in [4.69, 9.17) is 4.74 Å². The number of aromatic amines is 1. The third-order valence-electron chi connectivity index (χ3n) is 3.10. The van der Waals surface area contributed by atoms with E-state index in [1.54, 1.807) is 30.5 Å². The maximum Gasteiger partial charge on any atom is 0.345 e. The molecule has 0 saturated carbocycles. The van der Waals surface area contributed by atoms with Crippen molar-refractivity contribution >= 4 is 16.9 Å². The van der Waals surface area contributed by atoms with Crippen LogP contribution in [0.5, 0.6) is 5.75 Å². The van der Waals surface area contributed by atoms with Crippen LogP contribution in [-0.4, -0.2) is 16.1 Å². The van der Waals surface area contributed by atoms with Gasteiger partial charge in [0.05, 0.1) is 0 Å². The van der Waals surface area contributed by atoms with E-state index in [9.17, 15) is 9.90 Å². The summed E-state index contributed by atoms with van der Waals surface area (Å²) in [6.07, 6.45) is 0.324. The van der Waals surface area contributed by atoms with Crippen LogP contribution < -0.4 is 4.74 Å². The average Bonchev–Trinajstić information content (AvgIpc) is 2.91. The number of nitrogens with one attached hydrogen (secondary N) is 1. The second-order valence-corrected chi connectivity index (χ2v) is 4.43. The Hall–Kier alpha value is -2.59. The first-order valence-electron chi connectivity index (χ1n) is 6.26. The molecule has 4 nitrogen and oxygen atoms in total. The number of carbonyl (C=O) groups excluding carboxylic acids is 1. The number of fused-ring (bicyclic) bond motifs is 1. The normalized spacial score (nSPS) is 12.2. The molecule has 0 spiro atoms. The second kappa shape index (κ2) is 5.19. The van der Waals surface area contributed by atoms with Gasteiger partial charge in [0, 0.05) is 17.1 Å². The summed E-state index contributed by atoms with van der Waals surface area (Å²) < 4.78 is 5.26. The molecule has 0 amide bonds. The standard InChI is InChI=1S/C16H13NO3/c18-15(11-6-2-1-3-7-11)16(19)20-14-10-17-13-9-5-4-8-12(13)14/h1-10,15,17-18H. The van der Waals surface area contributed by atoms with E-state index in [2.05, 4.69) is 4.98 Å². The first-order valence-corrected chi connectivity index (χ1v) is 6.26. The summed E-state index contributed by atoms with van der Waals surface area (Å²) in [5.74, 6) is -0.276. The maximum atomic E-state index is 12.0. The topological polar surface area (TPSA) is 62.3 Å². The van der Waals surface area contributed by atoms with Crippen molar-refractivity contribution in [1.82, 2.24) is 4.98 Å². The number of aromatic nitrogens is 1. The van der Waals surface area contributed by atoms with Crippen LogP contribution in [0.3, 0.4) is 0 Å². The van der Waals surface area contributed by atoms with Crippen LogP contribution in [0.2, 0.25) is 0 Å². The molecule has 3 aromatic rings. The molecule has 0 aliphatic carbocycles. The van der Waals surface area contributed by atoms with Crippen molar-refractivity contribution in [2.24, 2.45) is 0 Å². The Morgan fingerprint density at radius 3 is 2.55 bits per heavy atom. The first kappa shape index (κ1) is 12.4. The number of H-pyrrole nitrogens is 1. The minimum Gasteiger partial charge on any atom is -0.422 e. The number of esters is 1. The molecule has 0 bridgehead atoms. The van der Waals surface area contributed by atoms with E-state index in [0.29, 0.717) is 11.3 Å². The summed E-state index contributed by atoms with van der Waals surface area (Å²) in [5, 5.41) is 10.8. The van der Waals surface area contributed by atoms with E-state index in [-0.39, 0.29) is 0 Å². The number of rotatable bonds is 3. The molecule has 0 saturated heterocycles. The van der Waals surface area contributed by atoms with Gasteiger partial charge < -0.3 is 14.8 Å². The van der Waals surface area contributed by atoms with Crippen LogP contribution >= 0.6 is 0 Å². The molecule has 1 heterocycles. The van der Waals surface area contributed by atoms with E-state index >= 15 is 0 Å². The first-order chi connectivity index (χ1) is 9.75. The zero-order valence-electron chi connectivity index (χ0n) is 10.6. The molecule has 1 atom stereocenters. The Labute approximate surface area is 115 Å². The summed E-state index contributed by atoms with van der Waals surface area (Å²) in [5.41, 5.74) is 1.39. The molecule has 4 heteroatoms. The van der Waals surface area contributed by atoms with Gasteiger partial charge in [-0.2, -0.15) is 0 Å². The predicted molar refractivity (Wildman–Crippen MR) is 75.3 cm³/mol. The van der Waals surface area contributed by atoms with Gasteiger partial charge >= 0.3 is 5.97 Å². The number of para-hydroxylation sites is 1. The predicted octanol–water partition coefficient (Wildman–Crippen LogP) is 2.81. The monoisotopic (exact) mass is 267 g/mol. The minimum atomic E-state index is -1.29. The van der Waals surface area contributed by atoms with Gasteiger partial charge in [-0.15, -0.1) is 0 Å². The zero-order chi connectivity index (χ0) is 13.9. The molecule has 0 aliphatic heterocycles. The van der Waals surface area contributed by atoms with Crippen LogP contribution in [0.15, 0.2) is 60.8 Å². The highest BCUT2D eigenvalue weighted by Crippen LogP contribution is 2.26. The van der Waals surface area contributed by atoms with Gasteiger partial charge in [-0.3, -0.25) is 0 Å². The highest BCUT2D eigenvalue weighted by molar-refractivity contribution is 5.89. The SMILES string of the molecule is O=C(Oc1c[nH]c2ccccc12)C(O)c1ccccc1. The molecule has 3 rings (SSSR count). The van der Waals surface area contributed by atoms with E-state index in [1.807, 2.05) is 30.3 Å². The summed E-state index contributed by atoms with van der Waals surface area (Å²) in [7, 11) is 0. The lowest BCUT2D eigenvalue weighted by Gasteiger charge is -2.09. The van der Waals surface area contributed by atoms with Crippen LogP contribution in [0.4, 0.5) is 0 Å². The fraction of sp³-hybridized carbons (Fsp3) is 0.0625. The molecule has 1 unspecified atom stereocenters. The lowest BCUT2D eigenvalue weighted by molar-refractivity contribution is -0.144. The van der Waals surface area contributed by atoms with Crippen LogP contribution in [0, 0.1) is 0 Å². The summed E-state index contributed by atoms with van der Waals surface area (Å²) in [4.78, 5) is 15.0. The molecule has 0 aliphatic rings. The van der Waals surface area contributed by atoms with E-state index < -0.39 is 12.1 Å². The van der Waals surface area contributed by atoms with Crippen molar-refractivity contribution in [1.29, 1.82) is 0 Å².